The van der Waals surface area contributed by atoms with Gasteiger partial charge in [0, 0.05) is 17.0 Å². The minimum Gasteiger partial charge on any atom is -0.345 e. The molecule has 0 spiro atoms. The largest absolute Gasteiger partial charge is 0.345 e. The van der Waals surface area contributed by atoms with Crippen LogP contribution >= 0.6 is 0 Å². The van der Waals surface area contributed by atoms with E-state index in [1.165, 1.54) is 10.9 Å². The van der Waals surface area contributed by atoms with Gasteiger partial charge in [0.2, 0.25) is 5.91 Å². The maximum Gasteiger partial charge on any atom is 0.224 e. The molecule has 2 aromatic rings. The smallest absolute Gasteiger partial charge is 0.224 e. The Morgan fingerprint density at radius 1 is 1.21 bits per heavy atom. The first-order valence-corrected chi connectivity index (χ1v) is 8.78. The molecule has 1 aromatic heterocycles. The zero-order chi connectivity index (χ0) is 17.1. The van der Waals surface area contributed by atoms with Crippen LogP contribution in [0.15, 0.2) is 24.3 Å². The third-order valence-electron chi connectivity index (χ3n) is 5.54. The van der Waals surface area contributed by atoms with E-state index in [1.807, 2.05) is 6.92 Å². The number of nitrogens with one attached hydrogen (secondary N) is 2. The van der Waals surface area contributed by atoms with Crippen molar-refractivity contribution in [1.82, 2.24) is 15.6 Å². The second-order valence-corrected chi connectivity index (χ2v) is 7.96. The Morgan fingerprint density at radius 3 is 2.62 bits per heavy atom. The summed E-state index contributed by atoms with van der Waals surface area (Å²) in [7, 11) is 0. The van der Waals surface area contributed by atoms with E-state index in [0.29, 0.717) is 11.8 Å². The summed E-state index contributed by atoms with van der Waals surface area (Å²) >= 11 is 0. The number of carbonyl (C=O) groups is 1. The third kappa shape index (κ3) is 2.49. The van der Waals surface area contributed by atoms with Crippen molar-refractivity contribution in [3.05, 3.63) is 41.2 Å². The number of hydrogen-bond acceptors (Lipinski definition) is 3. The SMILES string of the molecule is Cc1ccc2c(C(C)(C)NC(=O)[C@H]3[C@@H]4CNC[C@@H]43)nc(C)cc2c1. The first-order chi connectivity index (χ1) is 11.4. The Morgan fingerprint density at radius 2 is 1.92 bits per heavy atom. The van der Waals surface area contributed by atoms with Crippen molar-refractivity contribution in [2.75, 3.05) is 13.1 Å². The van der Waals surface area contributed by atoms with Crippen molar-refractivity contribution in [3.8, 4) is 0 Å². The molecule has 2 heterocycles. The Kier molecular flexibility index (Phi) is 3.43. The summed E-state index contributed by atoms with van der Waals surface area (Å²) in [5.41, 5.74) is 2.69. The second kappa shape index (κ2) is 5.28. The summed E-state index contributed by atoms with van der Waals surface area (Å²) in [6, 6.07) is 8.52. The van der Waals surface area contributed by atoms with Gasteiger partial charge in [0.1, 0.15) is 0 Å². The number of nitrogens with zero attached hydrogens (tertiary/aromatic N) is 1. The normalized spacial score (nSPS) is 25.6. The number of aryl methyl sites for hydroxylation is 2. The van der Waals surface area contributed by atoms with Gasteiger partial charge in [-0.15, -0.1) is 0 Å². The predicted octanol–water partition coefficient (Wildman–Crippen LogP) is 2.67. The minimum atomic E-state index is -0.485. The van der Waals surface area contributed by atoms with Gasteiger partial charge in [0.15, 0.2) is 0 Å². The zero-order valence-electron chi connectivity index (χ0n) is 14.8. The summed E-state index contributed by atoms with van der Waals surface area (Å²) in [4.78, 5) is 17.5. The summed E-state index contributed by atoms with van der Waals surface area (Å²) in [6.45, 7) is 10.2. The molecule has 1 aromatic carbocycles. The number of aromatic nitrogens is 1. The van der Waals surface area contributed by atoms with Crippen molar-refractivity contribution in [2.24, 2.45) is 17.8 Å². The first-order valence-electron chi connectivity index (χ1n) is 8.78. The van der Waals surface area contributed by atoms with Gasteiger partial charge in [0.05, 0.1) is 11.2 Å². The van der Waals surface area contributed by atoms with Crippen LogP contribution in [0.1, 0.15) is 30.8 Å². The van der Waals surface area contributed by atoms with Crippen molar-refractivity contribution < 1.29 is 4.79 Å². The van der Waals surface area contributed by atoms with Gasteiger partial charge in [-0.3, -0.25) is 9.78 Å². The molecule has 1 aliphatic carbocycles. The molecule has 3 atom stereocenters. The van der Waals surface area contributed by atoms with E-state index in [0.717, 1.165) is 29.9 Å². The van der Waals surface area contributed by atoms with Crippen LogP contribution in [-0.4, -0.2) is 24.0 Å². The Balaban J connectivity index is 1.66. The topological polar surface area (TPSA) is 54.0 Å². The molecule has 2 fully saturated rings. The summed E-state index contributed by atoms with van der Waals surface area (Å²) in [6.07, 6.45) is 0. The van der Waals surface area contributed by atoms with Crippen LogP contribution in [0, 0.1) is 31.6 Å². The lowest BCUT2D eigenvalue weighted by Gasteiger charge is -2.28. The summed E-state index contributed by atoms with van der Waals surface area (Å²) in [5, 5.41) is 8.92. The van der Waals surface area contributed by atoms with Gasteiger partial charge < -0.3 is 10.6 Å². The van der Waals surface area contributed by atoms with Gasteiger partial charge in [-0.25, -0.2) is 0 Å². The molecule has 0 bridgehead atoms. The van der Waals surface area contributed by atoms with Gasteiger partial charge in [-0.1, -0.05) is 23.8 Å². The maximum atomic E-state index is 12.7. The van der Waals surface area contributed by atoms with E-state index in [2.05, 4.69) is 55.7 Å². The van der Waals surface area contributed by atoms with E-state index in [4.69, 9.17) is 4.98 Å². The van der Waals surface area contributed by atoms with Crippen LogP contribution in [0.25, 0.3) is 10.8 Å². The van der Waals surface area contributed by atoms with Gasteiger partial charge in [-0.2, -0.15) is 0 Å². The Labute approximate surface area is 143 Å². The van der Waals surface area contributed by atoms with E-state index in [9.17, 15) is 4.79 Å². The zero-order valence-corrected chi connectivity index (χ0v) is 14.8. The van der Waals surface area contributed by atoms with E-state index in [-0.39, 0.29) is 11.8 Å². The molecule has 4 nitrogen and oxygen atoms in total. The maximum absolute atomic E-state index is 12.7. The Bertz CT molecular complexity index is 812. The van der Waals surface area contributed by atoms with Gasteiger partial charge in [-0.05, 0) is 64.1 Å². The molecule has 126 valence electrons. The second-order valence-electron chi connectivity index (χ2n) is 7.96. The number of amides is 1. The summed E-state index contributed by atoms with van der Waals surface area (Å²) < 4.78 is 0. The van der Waals surface area contributed by atoms with E-state index in [1.54, 1.807) is 0 Å². The molecule has 4 heteroatoms. The molecule has 1 amide bonds. The van der Waals surface area contributed by atoms with Crippen molar-refractivity contribution in [1.29, 1.82) is 0 Å². The molecular weight excluding hydrogens is 298 g/mol. The number of piperidine rings is 1. The molecule has 24 heavy (non-hydrogen) atoms. The summed E-state index contributed by atoms with van der Waals surface area (Å²) in [5.74, 6) is 1.43. The van der Waals surface area contributed by atoms with E-state index < -0.39 is 5.54 Å². The van der Waals surface area contributed by atoms with Crippen LogP contribution in [0.5, 0.6) is 0 Å². The third-order valence-corrected chi connectivity index (χ3v) is 5.54. The molecule has 2 aliphatic rings. The highest BCUT2D eigenvalue weighted by molar-refractivity contribution is 5.88. The first kappa shape index (κ1) is 15.6. The van der Waals surface area contributed by atoms with Crippen LogP contribution < -0.4 is 10.6 Å². The molecule has 0 radical (unpaired) electrons. The lowest BCUT2D eigenvalue weighted by atomic mass is 9.93. The average Bonchev–Trinajstić information content (AvgIpc) is 2.99. The molecule has 2 N–H and O–H groups in total. The molecule has 1 aliphatic heterocycles. The highest BCUT2D eigenvalue weighted by Gasteiger charge is 2.57. The fourth-order valence-electron chi connectivity index (χ4n) is 4.25. The molecule has 1 saturated carbocycles. The van der Waals surface area contributed by atoms with E-state index >= 15 is 0 Å². The highest BCUT2D eigenvalue weighted by Crippen LogP contribution is 2.49. The standard InChI is InChI=1S/C20H25N3O/c1-11-5-6-14-13(7-11)8-12(2)22-18(14)20(3,4)23-19(24)17-15-9-21-10-16(15)17/h5-8,15-17,21H,9-10H2,1-4H3,(H,23,24)/t15-,16+,17+. The highest BCUT2D eigenvalue weighted by atomic mass is 16.2. The van der Waals surface area contributed by atoms with Gasteiger partial charge in [0.25, 0.3) is 0 Å². The number of carbonyl (C=O) groups excluding carboxylic acids is 1. The minimum absolute atomic E-state index is 0.181. The molecular formula is C20H25N3O. The van der Waals surface area contributed by atoms with Crippen LogP contribution in [0.2, 0.25) is 0 Å². The molecule has 4 rings (SSSR count). The Hall–Kier alpha value is -1.94. The molecule has 1 saturated heterocycles. The average molecular weight is 323 g/mol. The van der Waals surface area contributed by atoms with Crippen LogP contribution in [-0.2, 0) is 10.3 Å². The number of pyridine rings is 1. The van der Waals surface area contributed by atoms with Gasteiger partial charge >= 0.3 is 0 Å². The predicted molar refractivity (Wildman–Crippen MR) is 95.7 cm³/mol. The van der Waals surface area contributed by atoms with Crippen molar-refractivity contribution >= 4 is 16.7 Å². The van der Waals surface area contributed by atoms with Crippen molar-refractivity contribution in [3.63, 3.8) is 0 Å². The fourth-order valence-corrected chi connectivity index (χ4v) is 4.25. The number of rotatable bonds is 3. The monoisotopic (exact) mass is 323 g/mol. The molecule has 0 unspecified atom stereocenters. The van der Waals surface area contributed by atoms with Crippen LogP contribution in [0.4, 0.5) is 0 Å². The lowest BCUT2D eigenvalue weighted by Crippen LogP contribution is -2.43. The lowest BCUT2D eigenvalue weighted by molar-refractivity contribution is -0.124. The number of benzene rings is 1. The fraction of sp³-hybridized carbons (Fsp3) is 0.500. The quantitative estimate of drug-likeness (QED) is 0.913. The number of hydrogen-bond donors (Lipinski definition) is 2. The van der Waals surface area contributed by atoms with Crippen molar-refractivity contribution in [2.45, 2.75) is 33.2 Å². The number of fused-ring (bicyclic) bond motifs is 2. The van der Waals surface area contributed by atoms with Crippen LogP contribution in [0.3, 0.4) is 0 Å².